The van der Waals surface area contributed by atoms with Crippen LogP contribution in [0.25, 0.3) is 0 Å². The Balaban J connectivity index is 1.61. The number of guanidine groups is 1. The molecule has 9 nitrogen and oxygen atoms in total. The maximum atomic E-state index is 5.37. The zero-order chi connectivity index (χ0) is 19.2. The molecule has 0 spiro atoms. The summed E-state index contributed by atoms with van der Waals surface area (Å²) >= 11 is 0. The van der Waals surface area contributed by atoms with E-state index in [2.05, 4.69) is 51.6 Å². The van der Waals surface area contributed by atoms with Crippen LogP contribution in [-0.4, -0.2) is 45.6 Å². The molecule has 2 aromatic rings. The highest BCUT2D eigenvalue weighted by molar-refractivity contribution is 5.80. The van der Waals surface area contributed by atoms with Gasteiger partial charge in [-0.15, -0.1) is 0 Å². The summed E-state index contributed by atoms with van der Waals surface area (Å²) < 4.78 is 12.5. The van der Waals surface area contributed by atoms with Crippen LogP contribution in [0.2, 0.25) is 0 Å². The number of nitrogens with zero attached hydrogens (tertiary/aromatic N) is 5. The third-order valence-corrected chi connectivity index (χ3v) is 4.42. The van der Waals surface area contributed by atoms with Crippen molar-refractivity contribution in [2.75, 3.05) is 13.7 Å². The average Bonchev–Trinajstić information content (AvgIpc) is 3.26. The molecule has 3 heterocycles. The molecule has 0 radical (unpaired) electrons. The third kappa shape index (κ3) is 5.06. The first-order chi connectivity index (χ1) is 13.1. The van der Waals surface area contributed by atoms with E-state index in [1.165, 1.54) is 0 Å². The van der Waals surface area contributed by atoms with Gasteiger partial charge in [-0.2, -0.15) is 5.10 Å². The fraction of sp³-hybridized carbons (Fsp3) is 0.667. The number of aryl methyl sites for hydroxylation is 1. The summed E-state index contributed by atoms with van der Waals surface area (Å²) in [5, 5.41) is 15.4. The molecule has 0 fully saturated rings. The van der Waals surface area contributed by atoms with Gasteiger partial charge in [0.25, 0.3) is 0 Å². The van der Waals surface area contributed by atoms with Gasteiger partial charge in [-0.1, -0.05) is 19.0 Å². The van der Waals surface area contributed by atoms with Crippen LogP contribution in [0.4, 0.5) is 0 Å². The highest BCUT2D eigenvalue weighted by Crippen LogP contribution is 2.15. The third-order valence-electron chi connectivity index (χ3n) is 4.42. The normalized spacial score (nSPS) is 17.2. The standard InChI is InChI=1S/C18H29N7O2/c1-5-19-18(20-9-14-8-15(12(2)3)24-27-14)21-13-6-7-17-22-16(11-26-4)23-25(17)10-13/h8,12-13H,5-7,9-11H2,1-4H3,(H2,19,20,21). The van der Waals surface area contributed by atoms with Gasteiger partial charge >= 0.3 is 0 Å². The minimum Gasteiger partial charge on any atom is -0.377 e. The van der Waals surface area contributed by atoms with Crippen LogP contribution in [0, 0.1) is 0 Å². The molecule has 1 aliphatic heterocycles. The second-order valence-corrected chi connectivity index (χ2v) is 7.01. The molecule has 0 aliphatic carbocycles. The molecule has 0 amide bonds. The van der Waals surface area contributed by atoms with Crippen LogP contribution in [0.1, 0.15) is 56.2 Å². The van der Waals surface area contributed by atoms with Crippen molar-refractivity contribution < 1.29 is 9.26 Å². The van der Waals surface area contributed by atoms with Gasteiger partial charge in [0.15, 0.2) is 17.5 Å². The minimum absolute atomic E-state index is 0.244. The Morgan fingerprint density at radius 1 is 1.48 bits per heavy atom. The first kappa shape index (κ1) is 19.3. The molecule has 0 aromatic carbocycles. The predicted octanol–water partition coefficient (Wildman–Crippen LogP) is 1.61. The van der Waals surface area contributed by atoms with Crippen molar-refractivity contribution >= 4 is 5.96 Å². The summed E-state index contributed by atoms with van der Waals surface area (Å²) in [5.74, 6) is 3.64. The molecule has 1 atom stereocenters. The summed E-state index contributed by atoms with van der Waals surface area (Å²) in [7, 11) is 1.65. The molecule has 148 valence electrons. The van der Waals surface area contributed by atoms with Crippen molar-refractivity contribution in [3.05, 3.63) is 29.2 Å². The van der Waals surface area contributed by atoms with Gasteiger partial charge in [-0.3, -0.25) is 0 Å². The van der Waals surface area contributed by atoms with Gasteiger partial charge < -0.3 is 19.9 Å². The average molecular weight is 375 g/mol. The highest BCUT2D eigenvalue weighted by atomic mass is 16.5. The van der Waals surface area contributed by atoms with Crippen LogP contribution >= 0.6 is 0 Å². The van der Waals surface area contributed by atoms with E-state index >= 15 is 0 Å². The maximum absolute atomic E-state index is 5.37. The van der Waals surface area contributed by atoms with Crippen LogP contribution in [0.5, 0.6) is 0 Å². The van der Waals surface area contributed by atoms with Crippen LogP contribution < -0.4 is 10.6 Å². The van der Waals surface area contributed by atoms with E-state index in [0.717, 1.165) is 55.0 Å². The first-order valence-electron chi connectivity index (χ1n) is 9.50. The van der Waals surface area contributed by atoms with E-state index in [9.17, 15) is 0 Å². The lowest BCUT2D eigenvalue weighted by Gasteiger charge is -2.25. The molecular formula is C18H29N7O2. The van der Waals surface area contributed by atoms with E-state index < -0.39 is 0 Å². The minimum atomic E-state index is 0.244. The summed E-state index contributed by atoms with van der Waals surface area (Å²) in [6.45, 7) is 8.68. The second-order valence-electron chi connectivity index (χ2n) is 7.01. The van der Waals surface area contributed by atoms with E-state index in [4.69, 9.17) is 9.26 Å². The van der Waals surface area contributed by atoms with E-state index in [0.29, 0.717) is 19.1 Å². The molecule has 2 aromatic heterocycles. The molecular weight excluding hydrogens is 346 g/mol. The number of rotatable bonds is 7. The van der Waals surface area contributed by atoms with Gasteiger partial charge in [0.05, 0.1) is 12.2 Å². The number of ether oxygens (including phenoxy) is 1. The molecule has 9 heteroatoms. The number of aromatic nitrogens is 4. The summed E-state index contributed by atoms with van der Waals surface area (Å²) in [6.07, 6.45) is 1.86. The highest BCUT2D eigenvalue weighted by Gasteiger charge is 2.22. The first-order valence-corrected chi connectivity index (χ1v) is 9.50. The Morgan fingerprint density at radius 2 is 2.33 bits per heavy atom. The van der Waals surface area contributed by atoms with Crippen molar-refractivity contribution in [2.24, 2.45) is 4.99 Å². The monoisotopic (exact) mass is 375 g/mol. The molecule has 2 N–H and O–H groups in total. The van der Waals surface area contributed by atoms with Crippen LogP contribution in [-0.2, 0) is 30.9 Å². The maximum Gasteiger partial charge on any atom is 0.191 e. The van der Waals surface area contributed by atoms with Gasteiger partial charge in [0.1, 0.15) is 19.0 Å². The number of aliphatic imine (C=N–C) groups is 1. The van der Waals surface area contributed by atoms with Gasteiger partial charge in [-0.25, -0.2) is 14.7 Å². The van der Waals surface area contributed by atoms with Crippen molar-refractivity contribution in [3.63, 3.8) is 0 Å². The summed E-state index contributed by atoms with van der Waals surface area (Å²) in [5.41, 5.74) is 0.955. The Bertz CT molecular complexity index is 766. The Kier molecular flexibility index (Phi) is 6.44. The summed E-state index contributed by atoms with van der Waals surface area (Å²) in [6, 6.07) is 2.21. The number of nitrogens with one attached hydrogen (secondary N) is 2. The molecule has 0 bridgehead atoms. The fourth-order valence-corrected chi connectivity index (χ4v) is 3.01. The lowest BCUT2D eigenvalue weighted by atomic mass is 10.1. The van der Waals surface area contributed by atoms with Crippen LogP contribution in [0.3, 0.4) is 0 Å². The van der Waals surface area contributed by atoms with E-state index in [1.54, 1.807) is 7.11 Å². The predicted molar refractivity (Wildman–Crippen MR) is 101 cm³/mol. The summed E-state index contributed by atoms with van der Waals surface area (Å²) in [4.78, 5) is 9.15. The SMILES string of the molecule is CCNC(=NCc1cc(C(C)C)no1)NC1CCc2nc(COC)nn2C1. The Morgan fingerprint density at radius 3 is 3.04 bits per heavy atom. The van der Waals surface area contributed by atoms with Crippen molar-refractivity contribution in [1.29, 1.82) is 0 Å². The molecule has 3 rings (SSSR count). The van der Waals surface area contributed by atoms with Crippen molar-refractivity contribution in [1.82, 2.24) is 30.6 Å². The largest absolute Gasteiger partial charge is 0.377 e. The Hall–Kier alpha value is -2.42. The molecule has 1 unspecified atom stereocenters. The Labute approximate surface area is 159 Å². The van der Waals surface area contributed by atoms with Crippen LogP contribution in [0.15, 0.2) is 15.6 Å². The smallest absolute Gasteiger partial charge is 0.191 e. The number of hydrogen-bond donors (Lipinski definition) is 2. The second kappa shape index (κ2) is 8.98. The van der Waals surface area contributed by atoms with Gasteiger partial charge in [-0.05, 0) is 19.3 Å². The van der Waals surface area contributed by atoms with Gasteiger partial charge in [0, 0.05) is 32.2 Å². The molecule has 27 heavy (non-hydrogen) atoms. The number of fused-ring (bicyclic) bond motifs is 1. The zero-order valence-electron chi connectivity index (χ0n) is 16.5. The molecule has 0 saturated heterocycles. The molecule has 1 aliphatic rings. The van der Waals surface area contributed by atoms with Crippen molar-refractivity contribution in [2.45, 2.75) is 65.3 Å². The number of methoxy groups -OCH3 is 1. The topological polar surface area (TPSA) is 102 Å². The van der Waals surface area contributed by atoms with Crippen molar-refractivity contribution in [3.8, 4) is 0 Å². The zero-order valence-corrected chi connectivity index (χ0v) is 16.5. The van der Waals surface area contributed by atoms with Gasteiger partial charge in [0.2, 0.25) is 0 Å². The van der Waals surface area contributed by atoms with E-state index in [-0.39, 0.29) is 6.04 Å². The quantitative estimate of drug-likeness (QED) is 0.560. The van der Waals surface area contributed by atoms with E-state index in [1.807, 2.05) is 10.7 Å². The lowest BCUT2D eigenvalue weighted by molar-refractivity contribution is 0.177. The fourth-order valence-electron chi connectivity index (χ4n) is 3.01. The molecule has 0 saturated carbocycles. The lowest BCUT2D eigenvalue weighted by Crippen LogP contribution is -2.47. The number of hydrogen-bond acceptors (Lipinski definition) is 6.